The number of hydrogen-bond donors (Lipinski definition) is 2. The molecule has 5 nitrogen and oxygen atoms in total. The Morgan fingerprint density at radius 1 is 1.20 bits per heavy atom. The molecule has 102 valence electrons. The van der Waals surface area contributed by atoms with Crippen molar-refractivity contribution in [2.75, 3.05) is 11.9 Å². The smallest absolute Gasteiger partial charge is 0.356 e. The fourth-order valence-electron chi connectivity index (χ4n) is 2.30. The van der Waals surface area contributed by atoms with Crippen molar-refractivity contribution in [2.24, 2.45) is 0 Å². The van der Waals surface area contributed by atoms with E-state index in [-0.39, 0.29) is 11.1 Å². The maximum Gasteiger partial charge on any atom is 0.356 e. The first-order valence-electron chi connectivity index (χ1n) is 6.54. The van der Waals surface area contributed by atoms with Gasteiger partial charge in [-0.25, -0.2) is 14.8 Å². The number of benzene rings is 1. The fourth-order valence-corrected chi connectivity index (χ4v) is 2.30. The number of nitrogens with one attached hydrogen (secondary N) is 1. The van der Waals surface area contributed by atoms with Crippen LogP contribution in [-0.2, 0) is 5.41 Å². The van der Waals surface area contributed by atoms with Gasteiger partial charge in [0.2, 0.25) is 0 Å². The number of rotatable bonds is 5. The molecule has 0 radical (unpaired) electrons. The van der Waals surface area contributed by atoms with E-state index in [1.54, 1.807) is 0 Å². The molecule has 1 aromatic heterocycles. The Labute approximate surface area is 116 Å². The van der Waals surface area contributed by atoms with E-state index in [2.05, 4.69) is 39.6 Å². The standard InChI is InChI=1S/C15H15N3O2/c19-14(20)12-8-17-13(9-16-12)18-10-15(6-7-15)11-4-2-1-3-5-11/h1-5,8-9H,6-7,10H2,(H,17,18)(H,19,20). The molecule has 0 aliphatic heterocycles. The highest BCUT2D eigenvalue weighted by Gasteiger charge is 2.43. The van der Waals surface area contributed by atoms with Crippen LogP contribution in [0.15, 0.2) is 42.7 Å². The van der Waals surface area contributed by atoms with Crippen molar-refractivity contribution in [3.63, 3.8) is 0 Å². The molecule has 0 spiro atoms. The van der Waals surface area contributed by atoms with Gasteiger partial charge in [-0.05, 0) is 18.4 Å². The van der Waals surface area contributed by atoms with Crippen molar-refractivity contribution in [3.05, 3.63) is 54.0 Å². The van der Waals surface area contributed by atoms with Crippen LogP contribution in [0.4, 0.5) is 5.82 Å². The summed E-state index contributed by atoms with van der Waals surface area (Å²) in [6.45, 7) is 0.790. The number of carboxylic acid groups (broad SMARTS) is 1. The van der Waals surface area contributed by atoms with Gasteiger partial charge in [0.15, 0.2) is 5.69 Å². The molecular weight excluding hydrogens is 254 g/mol. The Morgan fingerprint density at radius 3 is 2.50 bits per heavy atom. The van der Waals surface area contributed by atoms with Crippen LogP contribution < -0.4 is 5.32 Å². The quantitative estimate of drug-likeness (QED) is 0.871. The Balaban J connectivity index is 1.66. The third-order valence-corrected chi connectivity index (χ3v) is 3.72. The zero-order valence-electron chi connectivity index (χ0n) is 10.9. The first-order chi connectivity index (χ1) is 9.70. The summed E-state index contributed by atoms with van der Waals surface area (Å²) in [5.41, 5.74) is 1.48. The number of aromatic carboxylic acids is 1. The summed E-state index contributed by atoms with van der Waals surface area (Å²) in [4.78, 5) is 18.6. The van der Waals surface area contributed by atoms with Gasteiger partial charge in [0.05, 0.1) is 12.4 Å². The lowest BCUT2D eigenvalue weighted by atomic mass is 9.96. The summed E-state index contributed by atoms with van der Waals surface area (Å²) in [6, 6.07) is 10.4. The van der Waals surface area contributed by atoms with Crippen molar-refractivity contribution in [3.8, 4) is 0 Å². The van der Waals surface area contributed by atoms with Gasteiger partial charge in [-0.3, -0.25) is 0 Å². The third kappa shape index (κ3) is 2.47. The highest BCUT2D eigenvalue weighted by atomic mass is 16.4. The van der Waals surface area contributed by atoms with E-state index in [0.29, 0.717) is 5.82 Å². The third-order valence-electron chi connectivity index (χ3n) is 3.72. The van der Waals surface area contributed by atoms with Crippen LogP contribution >= 0.6 is 0 Å². The minimum Gasteiger partial charge on any atom is -0.476 e. The fraction of sp³-hybridized carbons (Fsp3) is 0.267. The second-order valence-corrected chi connectivity index (χ2v) is 5.09. The van der Waals surface area contributed by atoms with Gasteiger partial charge in [-0.2, -0.15) is 0 Å². The maximum absolute atomic E-state index is 10.7. The second-order valence-electron chi connectivity index (χ2n) is 5.09. The van der Waals surface area contributed by atoms with Crippen molar-refractivity contribution in [1.29, 1.82) is 0 Å². The van der Waals surface area contributed by atoms with Gasteiger partial charge in [-0.15, -0.1) is 0 Å². The molecule has 20 heavy (non-hydrogen) atoms. The molecule has 0 atom stereocenters. The zero-order valence-corrected chi connectivity index (χ0v) is 10.9. The summed E-state index contributed by atoms with van der Waals surface area (Å²) in [6.07, 6.45) is 5.05. The number of nitrogens with zero attached hydrogens (tertiary/aromatic N) is 2. The van der Waals surface area contributed by atoms with Gasteiger partial charge < -0.3 is 10.4 Å². The topological polar surface area (TPSA) is 75.1 Å². The Hall–Kier alpha value is -2.43. The molecule has 1 aromatic carbocycles. The van der Waals surface area contributed by atoms with Gasteiger partial charge in [0, 0.05) is 12.0 Å². The number of anilines is 1. The van der Waals surface area contributed by atoms with Gasteiger partial charge in [0.1, 0.15) is 5.82 Å². The molecule has 2 aromatic rings. The Morgan fingerprint density at radius 2 is 1.95 bits per heavy atom. The van der Waals surface area contributed by atoms with Gasteiger partial charge in [-0.1, -0.05) is 30.3 Å². The average Bonchev–Trinajstić information content (AvgIpc) is 3.28. The normalized spacial score (nSPS) is 15.6. The van der Waals surface area contributed by atoms with E-state index in [9.17, 15) is 4.79 Å². The minimum absolute atomic E-state index is 0.0419. The largest absolute Gasteiger partial charge is 0.476 e. The molecule has 1 heterocycles. The number of carboxylic acids is 1. The predicted molar refractivity (Wildman–Crippen MR) is 74.8 cm³/mol. The first-order valence-corrected chi connectivity index (χ1v) is 6.54. The van der Waals surface area contributed by atoms with Crippen molar-refractivity contribution >= 4 is 11.8 Å². The van der Waals surface area contributed by atoms with E-state index in [1.807, 2.05) is 6.07 Å². The molecule has 0 amide bonds. The number of hydrogen-bond acceptors (Lipinski definition) is 4. The van der Waals surface area contributed by atoms with Crippen LogP contribution in [0.3, 0.4) is 0 Å². The summed E-state index contributed by atoms with van der Waals surface area (Å²) in [5.74, 6) is -0.454. The van der Waals surface area contributed by atoms with Crippen molar-refractivity contribution < 1.29 is 9.90 Å². The van der Waals surface area contributed by atoms with E-state index in [0.717, 1.165) is 19.4 Å². The van der Waals surface area contributed by atoms with Crippen LogP contribution in [0.1, 0.15) is 28.9 Å². The molecular formula is C15H15N3O2. The van der Waals surface area contributed by atoms with E-state index in [1.165, 1.54) is 18.0 Å². The molecule has 1 saturated carbocycles. The highest BCUT2D eigenvalue weighted by Crippen LogP contribution is 2.47. The summed E-state index contributed by atoms with van der Waals surface area (Å²) >= 11 is 0. The zero-order chi connectivity index (χ0) is 14.0. The summed E-state index contributed by atoms with van der Waals surface area (Å²) < 4.78 is 0. The van der Waals surface area contributed by atoms with E-state index >= 15 is 0 Å². The lowest BCUT2D eigenvalue weighted by Crippen LogP contribution is -2.20. The van der Waals surface area contributed by atoms with E-state index < -0.39 is 5.97 Å². The van der Waals surface area contributed by atoms with E-state index in [4.69, 9.17) is 5.11 Å². The van der Waals surface area contributed by atoms with Crippen molar-refractivity contribution in [2.45, 2.75) is 18.3 Å². The average molecular weight is 269 g/mol. The van der Waals surface area contributed by atoms with Crippen LogP contribution in [0, 0.1) is 0 Å². The van der Waals surface area contributed by atoms with Gasteiger partial charge >= 0.3 is 5.97 Å². The second kappa shape index (κ2) is 4.92. The maximum atomic E-state index is 10.7. The van der Waals surface area contributed by atoms with Crippen LogP contribution in [0.25, 0.3) is 0 Å². The van der Waals surface area contributed by atoms with Gasteiger partial charge in [0.25, 0.3) is 0 Å². The molecule has 1 aliphatic rings. The molecule has 0 unspecified atom stereocenters. The Kier molecular flexibility index (Phi) is 3.10. The van der Waals surface area contributed by atoms with Crippen LogP contribution in [0.2, 0.25) is 0 Å². The molecule has 0 saturated heterocycles. The Bertz CT molecular complexity index is 607. The number of carbonyl (C=O) groups is 1. The highest BCUT2D eigenvalue weighted by molar-refractivity contribution is 5.84. The molecule has 0 bridgehead atoms. The number of aromatic nitrogens is 2. The van der Waals surface area contributed by atoms with Crippen molar-refractivity contribution in [1.82, 2.24) is 9.97 Å². The lowest BCUT2D eigenvalue weighted by molar-refractivity contribution is 0.0690. The SMILES string of the molecule is O=C(O)c1cnc(NCC2(c3ccccc3)CC2)cn1. The molecule has 2 N–H and O–H groups in total. The molecule has 3 rings (SSSR count). The molecule has 1 aliphatic carbocycles. The van der Waals surface area contributed by atoms with Crippen LogP contribution in [-0.4, -0.2) is 27.6 Å². The van der Waals surface area contributed by atoms with Crippen LogP contribution in [0.5, 0.6) is 0 Å². The minimum atomic E-state index is -1.06. The summed E-state index contributed by atoms with van der Waals surface area (Å²) in [7, 11) is 0. The molecule has 5 heteroatoms. The molecule has 1 fully saturated rings. The first kappa shape index (κ1) is 12.6. The lowest BCUT2D eigenvalue weighted by Gasteiger charge is -2.16. The monoisotopic (exact) mass is 269 g/mol. The predicted octanol–water partition coefficient (Wildman–Crippen LogP) is 2.32. The summed E-state index contributed by atoms with van der Waals surface area (Å²) in [5, 5.41) is 12.0.